The van der Waals surface area contributed by atoms with Crippen LogP contribution in [0, 0.1) is 5.82 Å². The molecule has 0 amide bonds. The predicted molar refractivity (Wildman–Crippen MR) is 79.6 cm³/mol. The summed E-state index contributed by atoms with van der Waals surface area (Å²) in [5, 5.41) is 0.505. The molecule has 7 heteroatoms. The number of nitrogens with zero attached hydrogens (tertiary/aromatic N) is 1. The van der Waals surface area contributed by atoms with E-state index >= 15 is 0 Å². The molecule has 1 aliphatic rings. The van der Waals surface area contributed by atoms with E-state index in [2.05, 4.69) is 0 Å². The minimum atomic E-state index is -3.58. The first kappa shape index (κ1) is 15.8. The molecule has 2 N–H and O–H groups in total. The van der Waals surface area contributed by atoms with Crippen LogP contribution < -0.4 is 5.73 Å². The van der Waals surface area contributed by atoms with Crippen molar-refractivity contribution in [1.29, 1.82) is 0 Å². The smallest absolute Gasteiger partial charge is 0.243 e. The van der Waals surface area contributed by atoms with E-state index in [4.69, 9.17) is 5.73 Å². The Bertz CT molecular complexity index is 582. The lowest BCUT2D eigenvalue weighted by atomic mass is 10.2. The highest BCUT2D eigenvalue weighted by Gasteiger charge is 2.32. The molecule has 1 heterocycles. The van der Waals surface area contributed by atoms with E-state index in [9.17, 15) is 12.8 Å². The normalized spacial score (nSPS) is 24.8. The Morgan fingerprint density at radius 1 is 1.35 bits per heavy atom. The maximum absolute atomic E-state index is 13.4. The first-order valence-electron chi connectivity index (χ1n) is 6.48. The molecule has 20 heavy (non-hydrogen) atoms. The molecule has 1 aromatic rings. The standard InChI is InChI=1S/C13H19FN2O2S2/c1-9-7-16(8-10(2)19-9)20(17,18)12-3-4-13(14)11(5-12)6-15/h3-5,9-10H,6-8,15H2,1-2H3. The fourth-order valence-corrected chi connectivity index (χ4v) is 5.53. The van der Waals surface area contributed by atoms with Gasteiger partial charge in [0.25, 0.3) is 0 Å². The molecular formula is C13H19FN2O2S2. The summed E-state index contributed by atoms with van der Waals surface area (Å²) in [4.78, 5) is 0.116. The maximum Gasteiger partial charge on any atom is 0.243 e. The van der Waals surface area contributed by atoms with Crippen molar-refractivity contribution in [1.82, 2.24) is 4.31 Å². The third kappa shape index (κ3) is 3.16. The molecule has 0 spiro atoms. The predicted octanol–water partition coefficient (Wildman–Crippen LogP) is 1.80. The molecule has 0 radical (unpaired) electrons. The largest absolute Gasteiger partial charge is 0.326 e. The van der Waals surface area contributed by atoms with Gasteiger partial charge < -0.3 is 5.73 Å². The Hall–Kier alpha value is -0.630. The van der Waals surface area contributed by atoms with E-state index in [1.54, 1.807) is 11.8 Å². The third-order valence-corrected chi connectivity index (χ3v) is 6.32. The molecule has 0 bridgehead atoms. The quantitative estimate of drug-likeness (QED) is 0.923. The summed E-state index contributed by atoms with van der Waals surface area (Å²) in [5.74, 6) is -0.470. The van der Waals surface area contributed by atoms with Gasteiger partial charge in [-0.3, -0.25) is 0 Å². The fraction of sp³-hybridized carbons (Fsp3) is 0.538. The van der Waals surface area contributed by atoms with Gasteiger partial charge in [-0.05, 0) is 18.2 Å². The monoisotopic (exact) mass is 318 g/mol. The van der Waals surface area contributed by atoms with Gasteiger partial charge in [-0.15, -0.1) is 0 Å². The second kappa shape index (κ2) is 6.01. The molecule has 2 unspecified atom stereocenters. The van der Waals surface area contributed by atoms with Crippen molar-refractivity contribution in [3.05, 3.63) is 29.6 Å². The third-order valence-electron chi connectivity index (χ3n) is 3.26. The van der Waals surface area contributed by atoms with Gasteiger partial charge in [0.1, 0.15) is 5.82 Å². The number of halogens is 1. The maximum atomic E-state index is 13.4. The highest BCUT2D eigenvalue weighted by molar-refractivity contribution is 8.00. The summed E-state index contributed by atoms with van der Waals surface area (Å²) >= 11 is 1.78. The fourth-order valence-electron chi connectivity index (χ4n) is 2.34. The van der Waals surface area contributed by atoms with Crippen LogP contribution in [0.4, 0.5) is 4.39 Å². The van der Waals surface area contributed by atoms with Crippen molar-refractivity contribution >= 4 is 21.8 Å². The molecule has 0 aromatic heterocycles. The Morgan fingerprint density at radius 2 is 1.95 bits per heavy atom. The van der Waals surface area contributed by atoms with Crippen LogP contribution in [-0.2, 0) is 16.6 Å². The summed E-state index contributed by atoms with van der Waals surface area (Å²) in [6.45, 7) is 4.97. The van der Waals surface area contributed by atoms with Gasteiger partial charge in [0.05, 0.1) is 4.90 Å². The van der Waals surface area contributed by atoms with Crippen LogP contribution in [0.1, 0.15) is 19.4 Å². The second-order valence-corrected chi connectivity index (χ2v) is 8.86. The van der Waals surface area contributed by atoms with Gasteiger partial charge in [-0.2, -0.15) is 16.1 Å². The van der Waals surface area contributed by atoms with Crippen molar-refractivity contribution in [2.24, 2.45) is 5.73 Å². The van der Waals surface area contributed by atoms with Gasteiger partial charge in [0.15, 0.2) is 0 Å². The number of hydrogen-bond acceptors (Lipinski definition) is 4. The van der Waals surface area contributed by atoms with Gasteiger partial charge in [0.2, 0.25) is 10.0 Å². The van der Waals surface area contributed by atoms with E-state index in [1.807, 2.05) is 13.8 Å². The second-order valence-electron chi connectivity index (χ2n) is 5.04. The molecule has 112 valence electrons. The molecule has 0 aliphatic carbocycles. The number of sulfonamides is 1. The molecule has 1 aliphatic heterocycles. The summed E-state index contributed by atoms with van der Waals surface area (Å²) < 4.78 is 40.1. The Labute approximate surface area is 123 Å². The molecule has 1 saturated heterocycles. The van der Waals surface area contributed by atoms with Crippen LogP contribution in [0.25, 0.3) is 0 Å². The topological polar surface area (TPSA) is 63.4 Å². The lowest BCUT2D eigenvalue weighted by Gasteiger charge is -2.33. The van der Waals surface area contributed by atoms with Crippen molar-refractivity contribution in [3.63, 3.8) is 0 Å². The van der Waals surface area contributed by atoms with E-state index in [-0.39, 0.29) is 27.5 Å². The zero-order chi connectivity index (χ0) is 14.9. The lowest BCUT2D eigenvalue weighted by molar-refractivity contribution is 0.404. The van der Waals surface area contributed by atoms with Gasteiger partial charge in [-0.1, -0.05) is 13.8 Å². The average molecular weight is 318 g/mol. The number of nitrogens with two attached hydrogens (primary N) is 1. The van der Waals surface area contributed by atoms with Crippen molar-refractivity contribution in [2.45, 2.75) is 35.8 Å². The SMILES string of the molecule is CC1CN(S(=O)(=O)c2ccc(F)c(CN)c2)CC(C)S1. The number of hydrogen-bond donors (Lipinski definition) is 1. The zero-order valence-electron chi connectivity index (χ0n) is 11.5. The molecule has 1 aromatic carbocycles. The minimum absolute atomic E-state index is 0.0160. The Balaban J connectivity index is 2.34. The first-order valence-corrected chi connectivity index (χ1v) is 8.87. The number of benzene rings is 1. The minimum Gasteiger partial charge on any atom is -0.326 e. The highest BCUT2D eigenvalue weighted by Crippen LogP contribution is 2.29. The Kier molecular flexibility index (Phi) is 4.73. The molecule has 0 saturated carbocycles. The van der Waals surface area contributed by atoms with Gasteiger partial charge >= 0.3 is 0 Å². The van der Waals surface area contributed by atoms with Crippen LogP contribution in [-0.4, -0.2) is 36.3 Å². The van der Waals surface area contributed by atoms with Crippen LogP contribution in [0.15, 0.2) is 23.1 Å². The molecular weight excluding hydrogens is 299 g/mol. The van der Waals surface area contributed by atoms with Crippen molar-refractivity contribution in [3.8, 4) is 0 Å². The van der Waals surface area contributed by atoms with E-state index in [0.717, 1.165) is 0 Å². The number of rotatable bonds is 3. The molecule has 2 rings (SSSR count). The lowest BCUT2D eigenvalue weighted by Crippen LogP contribution is -2.43. The number of thioether (sulfide) groups is 1. The first-order chi connectivity index (χ1) is 9.34. The van der Waals surface area contributed by atoms with Gasteiger partial charge in [0, 0.05) is 35.7 Å². The average Bonchev–Trinajstić information content (AvgIpc) is 2.37. The summed E-state index contributed by atoms with van der Waals surface area (Å²) in [5.41, 5.74) is 5.65. The summed E-state index contributed by atoms with van der Waals surface area (Å²) in [6, 6.07) is 3.81. The molecule has 1 fully saturated rings. The van der Waals surface area contributed by atoms with Crippen LogP contribution >= 0.6 is 11.8 Å². The highest BCUT2D eigenvalue weighted by atomic mass is 32.2. The zero-order valence-corrected chi connectivity index (χ0v) is 13.2. The van der Waals surface area contributed by atoms with E-state index < -0.39 is 15.8 Å². The van der Waals surface area contributed by atoms with Crippen LogP contribution in [0.5, 0.6) is 0 Å². The van der Waals surface area contributed by atoms with Crippen LogP contribution in [0.3, 0.4) is 0 Å². The Morgan fingerprint density at radius 3 is 2.50 bits per heavy atom. The molecule has 4 nitrogen and oxygen atoms in total. The van der Waals surface area contributed by atoms with Crippen molar-refractivity contribution < 1.29 is 12.8 Å². The molecule has 2 atom stereocenters. The van der Waals surface area contributed by atoms with E-state index in [0.29, 0.717) is 13.1 Å². The van der Waals surface area contributed by atoms with Crippen LogP contribution in [0.2, 0.25) is 0 Å². The summed E-state index contributed by atoms with van der Waals surface area (Å²) in [6.07, 6.45) is 0. The van der Waals surface area contributed by atoms with E-state index in [1.165, 1.54) is 22.5 Å². The van der Waals surface area contributed by atoms with Crippen molar-refractivity contribution in [2.75, 3.05) is 13.1 Å². The van der Waals surface area contributed by atoms with Gasteiger partial charge in [-0.25, -0.2) is 12.8 Å². The summed E-state index contributed by atoms with van der Waals surface area (Å²) in [7, 11) is -3.58.